The second-order valence-electron chi connectivity index (χ2n) is 5.84. The Hall–Kier alpha value is -2.75. The Labute approximate surface area is 167 Å². The standard InChI is InChI=1S/C20H17ClN4OS/c1-13-2-8-16(9-3-13)26-11-18-17(10-22)19(23)25-20(24-18)27-12-14-4-6-15(21)7-5-14/h2-9H,11-12H2,1H3,(H2,23,24,25). The molecule has 7 heteroatoms. The first-order valence-corrected chi connectivity index (χ1v) is 9.54. The molecule has 0 bridgehead atoms. The van der Waals surface area contributed by atoms with Crippen LogP contribution in [0.3, 0.4) is 0 Å². The minimum atomic E-state index is 0.146. The van der Waals surface area contributed by atoms with Gasteiger partial charge < -0.3 is 10.5 Å². The first-order valence-electron chi connectivity index (χ1n) is 8.18. The highest BCUT2D eigenvalue weighted by molar-refractivity contribution is 7.98. The number of nitriles is 1. The van der Waals surface area contributed by atoms with E-state index in [0.717, 1.165) is 11.1 Å². The molecule has 0 unspecified atom stereocenters. The van der Waals surface area contributed by atoms with Crippen molar-refractivity contribution in [3.05, 3.63) is 75.9 Å². The largest absolute Gasteiger partial charge is 0.487 e. The van der Waals surface area contributed by atoms with E-state index in [1.54, 1.807) is 0 Å². The van der Waals surface area contributed by atoms with E-state index in [2.05, 4.69) is 16.0 Å². The molecule has 1 aromatic heterocycles. The van der Waals surface area contributed by atoms with Crippen LogP contribution in [-0.4, -0.2) is 9.97 Å². The predicted octanol–water partition coefficient (Wildman–Crippen LogP) is 4.76. The van der Waals surface area contributed by atoms with E-state index in [-0.39, 0.29) is 18.0 Å². The molecule has 0 atom stereocenters. The molecular weight excluding hydrogens is 380 g/mol. The molecule has 0 saturated heterocycles. The second kappa shape index (κ2) is 8.76. The lowest BCUT2D eigenvalue weighted by atomic mass is 10.2. The zero-order valence-corrected chi connectivity index (χ0v) is 16.2. The lowest BCUT2D eigenvalue weighted by Gasteiger charge is -2.10. The summed E-state index contributed by atoms with van der Waals surface area (Å²) in [4.78, 5) is 8.70. The molecule has 2 N–H and O–H groups in total. The van der Waals surface area contributed by atoms with Gasteiger partial charge in [-0.3, -0.25) is 0 Å². The molecule has 0 aliphatic carbocycles. The van der Waals surface area contributed by atoms with Crippen molar-refractivity contribution in [1.82, 2.24) is 9.97 Å². The van der Waals surface area contributed by atoms with E-state index in [0.29, 0.717) is 27.4 Å². The van der Waals surface area contributed by atoms with Crippen LogP contribution in [0.5, 0.6) is 5.75 Å². The molecule has 0 aliphatic heterocycles. The summed E-state index contributed by atoms with van der Waals surface area (Å²) in [6.45, 7) is 2.15. The van der Waals surface area contributed by atoms with Crippen molar-refractivity contribution in [2.75, 3.05) is 5.73 Å². The number of nitrogen functional groups attached to an aromatic ring is 1. The minimum Gasteiger partial charge on any atom is -0.487 e. The van der Waals surface area contributed by atoms with E-state index in [4.69, 9.17) is 22.1 Å². The third kappa shape index (κ3) is 5.13. The van der Waals surface area contributed by atoms with Gasteiger partial charge in [-0.25, -0.2) is 9.97 Å². The number of benzene rings is 2. The van der Waals surface area contributed by atoms with Gasteiger partial charge >= 0.3 is 0 Å². The van der Waals surface area contributed by atoms with Crippen molar-refractivity contribution in [1.29, 1.82) is 5.26 Å². The minimum absolute atomic E-state index is 0.146. The first-order chi connectivity index (χ1) is 13.0. The van der Waals surface area contributed by atoms with Gasteiger partial charge in [-0.2, -0.15) is 5.26 Å². The maximum atomic E-state index is 9.37. The number of rotatable bonds is 6. The van der Waals surface area contributed by atoms with Gasteiger partial charge in [0.15, 0.2) is 5.16 Å². The fourth-order valence-corrected chi connectivity index (χ4v) is 3.26. The van der Waals surface area contributed by atoms with E-state index in [1.165, 1.54) is 11.8 Å². The summed E-state index contributed by atoms with van der Waals surface area (Å²) in [6, 6.07) is 17.3. The third-order valence-electron chi connectivity index (χ3n) is 3.78. The fraction of sp³-hybridized carbons (Fsp3) is 0.150. The number of aryl methyl sites for hydroxylation is 1. The molecule has 0 amide bonds. The second-order valence-corrected chi connectivity index (χ2v) is 7.22. The zero-order valence-electron chi connectivity index (χ0n) is 14.6. The Morgan fingerprint density at radius 3 is 2.48 bits per heavy atom. The molecule has 1 heterocycles. The van der Waals surface area contributed by atoms with Gasteiger partial charge in [0, 0.05) is 10.8 Å². The summed E-state index contributed by atoms with van der Waals surface area (Å²) in [5.74, 6) is 1.53. The van der Waals surface area contributed by atoms with E-state index < -0.39 is 0 Å². The molecule has 3 aromatic rings. The van der Waals surface area contributed by atoms with E-state index in [9.17, 15) is 5.26 Å². The molecule has 2 aromatic carbocycles. The van der Waals surface area contributed by atoms with Crippen molar-refractivity contribution in [3.63, 3.8) is 0 Å². The summed E-state index contributed by atoms with van der Waals surface area (Å²) >= 11 is 7.35. The van der Waals surface area contributed by atoms with Crippen LogP contribution in [0.25, 0.3) is 0 Å². The van der Waals surface area contributed by atoms with Crippen LogP contribution in [-0.2, 0) is 12.4 Å². The number of halogens is 1. The van der Waals surface area contributed by atoms with Crippen LogP contribution in [0.4, 0.5) is 5.82 Å². The van der Waals surface area contributed by atoms with E-state index >= 15 is 0 Å². The van der Waals surface area contributed by atoms with Gasteiger partial charge in [-0.05, 0) is 36.8 Å². The number of ether oxygens (including phenoxy) is 1. The Morgan fingerprint density at radius 1 is 1.11 bits per heavy atom. The number of nitrogens with zero attached hydrogens (tertiary/aromatic N) is 3. The summed E-state index contributed by atoms with van der Waals surface area (Å²) in [7, 11) is 0. The number of thioether (sulfide) groups is 1. The number of hydrogen-bond acceptors (Lipinski definition) is 6. The van der Waals surface area contributed by atoms with E-state index in [1.807, 2.05) is 55.5 Å². The SMILES string of the molecule is Cc1ccc(OCc2nc(SCc3ccc(Cl)cc3)nc(N)c2C#N)cc1. The normalized spacial score (nSPS) is 10.4. The van der Waals surface area contributed by atoms with Gasteiger partial charge in [-0.15, -0.1) is 0 Å². The van der Waals surface area contributed by atoms with Gasteiger partial charge in [-0.1, -0.05) is 53.2 Å². The molecule has 136 valence electrons. The van der Waals surface area contributed by atoms with Crippen LogP contribution < -0.4 is 10.5 Å². The average Bonchev–Trinajstić information content (AvgIpc) is 2.67. The molecule has 0 fully saturated rings. The molecule has 3 rings (SSSR count). The van der Waals surface area contributed by atoms with Gasteiger partial charge in [0.05, 0.1) is 0 Å². The fourth-order valence-electron chi connectivity index (χ4n) is 2.31. The van der Waals surface area contributed by atoms with Crippen molar-refractivity contribution in [2.24, 2.45) is 0 Å². The molecule has 0 aliphatic rings. The predicted molar refractivity (Wildman–Crippen MR) is 108 cm³/mol. The van der Waals surface area contributed by atoms with Crippen LogP contribution in [0.2, 0.25) is 5.02 Å². The first kappa shape index (κ1) is 19.0. The topological polar surface area (TPSA) is 84.8 Å². The average molecular weight is 397 g/mol. The summed E-state index contributed by atoms with van der Waals surface area (Å²) in [5, 5.41) is 10.6. The zero-order chi connectivity index (χ0) is 19.2. The molecule has 0 saturated carbocycles. The van der Waals surface area contributed by atoms with Crippen molar-refractivity contribution in [3.8, 4) is 11.8 Å². The number of anilines is 1. The van der Waals surface area contributed by atoms with Crippen molar-refractivity contribution in [2.45, 2.75) is 24.4 Å². The monoisotopic (exact) mass is 396 g/mol. The van der Waals surface area contributed by atoms with Crippen molar-refractivity contribution >= 4 is 29.2 Å². The van der Waals surface area contributed by atoms with Crippen LogP contribution >= 0.6 is 23.4 Å². The van der Waals surface area contributed by atoms with Crippen molar-refractivity contribution < 1.29 is 4.74 Å². The Bertz CT molecular complexity index is 969. The lowest BCUT2D eigenvalue weighted by molar-refractivity contribution is 0.299. The highest BCUT2D eigenvalue weighted by Gasteiger charge is 2.13. The number of hydrogen-bond donors (Lipinski definition) is 1. The van der Waals surface area contributed by atoms with Gasteiger partial charge in [0.2, 0.25) is 0 Å². The van der Waals surface area contributed by atoms with Crippen LogP contribution in [0.15, 0.2) is 53.7 Å². The lowest BCUT2D eigenvalue weighted by Crippen LogP contribution is -2.08. The quantitative estimate of drug-likeness (QED) is 0.477. The summed E-state index contributed by atoms with van der Waals surface area (Å²) in [6.07, 6.45) is 0. The highest BCUT2D eigenvalue weighted by atomic mass is 35.5. The molecule has 0 radical (unpaired) electrons. The molecule has 27 heavy (non-hydrogen) atoms. The summed E-state index contributed by atoms with van der Waals surface area (Å²) < 4.78 is 5.75. The summed E-state index contributed by atoms with van der Waals surface area (Å²) in [5.41, 5.74) is 8.91. The molecular formula is C20H17ClN4OS. The third-order valence-corrected chi connectivity index (χ3v) is 4.95. The maximum absolute atomic E-state index is 9.37. The van der Waals surface area contributed by atoms with Gasteiger partial charge in [0.1, 0.15) is 35.5 Å². The van der Waals surface area contributed by atoms with Gasteiger partial charge in [0.25, 0.3) is 0 Å². The van der Waals surface area contributed by atoms with Crippen LogP contribution in [0.1, 0.15) is 22.4 Å². The number of aromatic nitrogens is 2. The highest BCUT2D eigenvalue weighted by Crippen LogP contribution is 2.24. The molecule has 5 nitrogen and oxygen atoms in total. The Balaban J connectivity index is 1.75. The number of nitrogens with two attached hydrogens (primary N) is 1. The molecule has 0 spiro atoms. The smallest absolute Gasteiger partial charge is 0.190 e. The Morgan fingerprint density at radius 2 is 1.81 bits per heavy atom. The Kier molecular flexibility index (Phi) is 6.17. The van der Waals surface area contributed by atoms with Crippen LogP contribution in [0, 0.1) is 18.3 Å². The maximum Gasteiger partial charge on any atom is 0.190 e.